The summed E-state index contributed by atoms with van der Waals surface area (Å²) in [6, 6.07) is 16.2. The quantitative estimate of drug-likeness (QED) is 0.824. The first kappa shape index (κ1) is 17.8. The van der Waals surface area contributed by atoms with E-state index in [4.69, 9.17) is 4.74 Å². The molecule has 1 N–H and O–H groups in total. The third-order valence-electron chi connectivity index (χ3n) is 4.22. The maximum Gasteiger partial charge on any atom is 0.237 e. The van der Waals surface area contributed by atoms with E-state index in [1.54, 1.807) is 11.8 Å². The molecule has 1 heterocycles. The lowest BCUT2D eigenvalue weighted by Crippen LogP contribution is -2.37. The highest BCUT2D eigenvalue weighted by Crippen LogP contribution is 2.29. The molecule has 0 bridgehead atoms. The van der Waals surface area contributed by atoms with Crippen LogP contribution in [-0.4, -0.2) is 37.5 Å². The van der Waals surface area contributed by atoms with Crippen LogP contribution in [0.15, 0.2) is 53.4 Å². The van der Waals surface area contributed by atoms with Gasteiger partial charge in [0.25, 0.3) is 0 Å². The van der Waals surface area contributed by atoms with E-state index in [1.165, 1.54) is 5.56 Å². The molecule has 1 atom stereocenters. The Morgan fingerprint density at radius 3 is 2.52 bits per heavy atom. The first-order valence-electron chi connectivity index (χ1n) is 8.59. The van der Waals surface area contributed by atoms with E-state index in [1.807, 2.05) is 25.1 Å². The zero-order valence-electron chi connectivity index (χ0n) is 14.7. The fourth-order valence-corrected chi connectivity index (χ4v) is 3.64. The van der Waals surface area contributed by atoms with Gasteiger partial charge in [-0.25, -0.2) is 0 Å². The number of carbonyl (C=O) groups is 1. The van der Waals surface area contributed by atoms with Crippen LogP contribution in [0.1, 0.15) is 12.5 Å². The average molecular weight is 356 g/mol. The molecule has 1 amide bonds. The van der Waals surface area contributed by atoms with E-state index in [0.717, 1.165) is 42.6 Å². The number of thioether (sulfide) groups is 1. The van der Waals surface area contributed by atoms with Gasteiger partial charge in [0.05, 0.1) is 29.8 Å². The highest BCUT2D eigenvalue weighted by atomic mass is 32.2. The van der Waals surface area contributed by atoms with Crippen LogP contribution >= 0.6 is 11.8 Å². The topological polar surface area (TPSA) is 41.6 Å². The molecule has 0 saturated carbocycles. The Morgan fingerprint density at radius 2 is 1.80 bits per heavy atom. The number of rotatable bonds is 5. The van der Waals surface area contributed by atoms with E-state index in [0.29, 0.717) is 0 Å². The zero-order valence-corrected chi connectivity index (χ0v) is 15.5. The number of morpholine rings is 1. The Hall–Kier alpha value is -1.98. The number of aryl methyl sites for hydroxylation is 1. The van der Waals surface area contributed by atoms with Gasteiger partial charge in [0.15, 0.2) is 0 Å². The van der Waals surface area contributed by atoms with Gasteiger partial charge in [-0.05, 0) is 38.1 Å². The number of nitrogens with zero attached hydrogens (tertiary/aromatic N) is 1. The predicted octanol–water partition coefficient (Wildman–Crippen LogP) is 3.95. The molecule has 0 radical (unpaired) electrons. The van der Waals surface area contributed by atoms with Crippen LogP contribution in [0.25, 0.3) is 0 Å². The van der Waals surface area contributed by atoms with Crippen molar-refractivity contribution in [3.8, 4) is 0 Å². The molecule has 0 aliphatic carbocycles. The maximum atomic E-state index is 12.6. The van der Waals surface area contributed by atoms with Crippen molar-refractivity contribution < 1.29 is 9.53 Å². The smallest absolute Gasteiger partial charge is 0.237 e. The van der Waals surface area contributed by atoms with E-state index in [2.05, 4.69) is 47.5 Å². The number of para-hydroxylation sites is 2. The Balaban J connectivity index is 1.66. The van der Waals surface area contributed by atoms with Crippen molar-refractivity contribution in [2.75, 3.05) is 36.5 Å². The van der Waals surface area contributed by atoms with Gasteiger partial charge in [0.2, 0.25) is 5.91 Å². The lowest BCUT2D eigenvalue weighted by Gasteiger charge is -2.30. The summed E-state index contributed by atoms with van der Waals surface area (Å²) in [4.78, 5) is 16.0. The molecule has 25 heavy (non-hydrogen) atoms. The monoisotopic (exact) mass is 356 g/mol. The molecule has 3 rings (SSSR count). The third kappa shape index (κ3) is 4.77. The van der Waals surface area contributed by atoms with Gasteiger partial charge in [-0.3, -0.25) is 4.79 Å². The van der Waals surface area contributed by atoms with Crippen LogP contribution in [0.3, 0.4) is 0 Å². The largest absolute Gasteiger partial charge is 0.378 e. The van der Waals surface area contributed by atoms with Crippen LogP contribution in [-0.2, 0) is 9.53 Å². The van der Waals surface area contributed by atoms with Gasteiger partial charge >= 0.3 is 0 Å². The van der Waals surface area contributed by atoms with Crippen LogP contribution in [0.5, 0.6) is 0 Å². The molecule has 5 heteroatoms. The van der Waals surface area contributed by atoms with Gasteiger partial charge in [-0.1, -0.05) is 29.8 Å². The summed E-state index contributed by atoms with van der Waals surface area (Å²) < 4.78 is 5.42. The van der Waals surface area contributed by atoms with Crippen LogP contribution < -0.4 is 10.2 Å². The molecular formula is C20H24N2O2S. The minimum absolute atomic E-state index is 0.0197. The second-order valence-corrected chi connectivity index (χ2v) is 7.59. The Labute approximate surface area is 153 Å². The van der Waals surface area contributed by atoms with E-state index >= 15 is 0 Å². The Morgan fingerprint density at radius 1 is 1.12 bits per heavy atom. The Bertz CT molecular complexity index is 712. The minimum atomic E-state index is -0.166. The Kier molecular flexibility index (Phi) is 6.00. The number of ether oxygens (including phenoxy) is 1. The SMILES string of the molecule is Cc1ccc(SC(C)C(=O)Nc2ccccc2N2CCOCC2)cc1. The summed E-state index contributed by atoms with van der Waals surface area (Å²) in [5, 5.41) is 2.93. The zero-order chi connectivity index (χ0) is 17.6. The predicted molar refractivity (Wildman–Crippen MR) is 105 cm³/mol. The fraction of sp³-hybridized carbons (Fsp3) is 0.350. The van der Waals surface area contributed by atoms with Gasteiger partial charge in [-0.15, -0.1) is 11.8 Å². The van der Waals surface area contributed by atoms with Crippen molar-refractivity contribution in [1.29, 1.82) is 0 Å². The molecular weight excluding hydrogens is 332 g/mol. The maximum absolute atomic E-state index is 12.6. The number of hydrogen-bond donors (Lipinski definition) is 1. The fourth-order valence-electron chi connectivity index (χ4n) is 2.77. The van der Waals surface area contributed by atoms with Gasteiger partial charge in [0.1, 0.15) is 0 Å². The molecule has 1 saturated heterocycles. The highest BCUT2D eigenvalue weighted by Gasteiger charge is 2.19. The number of benzene rings is 2. The summed E-state index contributed by atoms with van der Waals surface area (Å²) >= 11 is 1.58. The molecule has 4 nitrogen and oxygen atoms in total. The van der Waals surface area contributed by atoms with Crippen molar-refractivity contribution in [3.05, 3.63) is 54.1 Å². The van der Waals surface area contributed by atoms with Gasteiger partial charge < -0.3 is 15.0 Å². The summed E-state index contributed by atoms with van der Waals surface area (Å²) in [5.74, 6) is 0.0197. The van der Waals surface area contributed by atoms with Crippen molar-refractivity contribution >= 4 is 29.0 Å². The van der Waals surface area contributed by atoms with Gasteiger partial charge in [0, 0.05) is 18.0 Å². The molecule has 0 aromatic heterocycles. The van der Waals surface area contributed by atoms with Gasteiger partial charge in [-0.2, -0.15) is 0 Å². The number of amides is 1. The van der Waals surface area contributed by atoms with Crippen LogP contribution in [0, 0.1) is 6.92 Å². The highest BCUT2D eigenvalue weighted by molar-refractivity contribution is 8.00. The van der Waals surface area contributed by atoms with E-state index < -0.39 is 0 Å². The third-order valence-corrected chi connectivity index (χ3v) is 5.33. The summed E-state index contributed by atoms with van der Waals surface area (Å²) in [6.45, 7) is 7.15. The molecule has 1 aliphatic heterocycles. The number of carbonyl (C=O) groups excluding carboxylic acids is 1. The first-order valence-corrected chi connectivity index (χ1v) is 9.47. The molecule has 2 aromatic rings. The average Bonchev–Trinajstić information content (AvgIpc) is 2.64. The normalized spacial score (nSPS) is 15.7. The molecule has 0 spiro atoms. The number of nitrogens with one attached hydrogen (secondary N) is 1. The second kappa shape index (κ2) is 8.41. The molecule has 2 aromatic carbocycles. The summed E-state index contributed by atoms with van der Waals surface area (Å²) in [5.41, 5.74) is 3.15. The molecule has 132 valence electrons. The van der Waals surface area contributed by atoms with Crippen LogP contribution in [0.4, 0.5) is 11.4 Å². The summed E-state index contributed by atoms with van der Waals surface area (Å²) in [7, 11) is 0. The number of anilines is 2. The van der Waals surface area contributed by atoms with Crippen molar-refractivity contribution in [2.45, 2.75) is 24.0 Å². The molecule has 1 unspecified atom stereocenters. The number of hydrogen-bond acceptors (Lipinski definition) is 4. The molecule has 1 fully saturated rings. The van der Waals surface area contributed by atoms with Crippen molar-refractivity contribution in [2.24, 2.45) is 0 Å². The lowest BCUT2D eigenvalue weighted by atomic mass is 10.2. The standard InChI is InChI=1S/C20H24N2O2S/c1-15-7-9-17(10-8-15)25-16(2)20(23)21-18-5-3-4-6-19(18)22-11-13-24-14-12-22/h3-10,16H,11-14H2,1-2H3,(H,21,23). The second-order valence-electron chi connectivity index (χ2n) is 6.18. The van der Waals surface area contributed by atoms with E-state index in [9.17, 15) is 4.79 Å². The van der Waals surface area contributed by atoms with E-state index in [-0.39, 0.29) is 11.2 Å². The van der Waals surface area contributed by atoms with Crippen molar-refractivity contribution in [3.63, 3.8) is 0 Å². The van der Waals surface area contributed by atoms with Crippen LogP contribution in [0.2, 0.25) is 0 Å². The van der Waals surface area contributed by atoms with Crippen molar-refractivity contribution in [1.82, 2.24) is 0 Å². The summed E-state index contributed by atoms with van der Waals surface area (Å²) in [6.07, 6.45) is 0. The first-order chi connectivity index (χ1) is 12.1. The molecule has 1 aliphatic rings. The minimum Gasteiger partial charge on any atom is -0.378 e. The lowest BCUT2D eigenvalue weighted by molar-refractivity contribution is -0.115.